The van der Waals surface area contributed by atoms with Crippen LogP contribution < -0.4 is 10.4 Å². The topological polar surface area (TPSA) is 47.9 Å². The molecule has 1 aliphatic heterocycles. The quantitative estimate of drug-likeness (QED) is 0.367. The van der Waals surface area contributed by atoms with Gasteiger partial charge in [-0.25, -0.2) is 0 Å². The summed E-state index contributed by atoms with van der Waals surface area (Å²) in [7, 11) is -2.65. The summed E-state index contributed by atoms with van der Waals surface area (Å²) in [4.78, 5) is 0. The van der Waals surface area contributed by atoms with Crippen LogP contribution in [-0.2, 0) is 20.5 Å². The number of hydrogen-bond acceptors (Lipinski definition) is 4. The van der Waals surface area contributed by atoms with Crippen molar-refractivity contribution in [1.82, 2.24) is 0 Å². The molecule has 5 heteroatoms. The molecule has 3 aromatic rings. The van der Waals surface area contributed by atoms with Gasteiger partial charge in [-0.15, -0.1) is 0 Å². The number of aliphatic hydroxyl groups is 1. The Morgan fingerprint density at radius 1 is 0.882 bits per heavy atom. The van der Waals surface area contributed by atoms with Gasteiger partial charge in [-0.3, -0.25) is 0 Å². The Morgan fingerprint density at radius 2 is 1.41 bits per heavy atom. The molecule has 1 heterocycles. The maximum Gasteiger partial charge on any atom is 0.281 e. The minimum Gasteiger partial charge on any atom is -0.405 e. The zero-order valence-corrected chi connectivity index (χ0v) is 21.4. The second kappa shape index (κ2) is 10.5. The first-order valence-electron chi connectivity index (χ1n) is 12.2. The lowest BCUT2D eigenvalue weighted by Gasteiger charge is -2.44. The van der Waals surface area contributed by atoms with E-state index in [9.17, 15) is 5.11 Å². The van der Waals surface area contributed by atoms with Gasteiger partial charge in [0.15, 0.2) is 0 Å². The van der Waals surface area contributed by atoms with Crippen LogP contribution in [0, 0.1) is 0 Å². The molecule has 1 N–H and O–H groups in total. The molecule has 0 spiro atoms. The van der Waals surface area contributed by atoms with Crippen molar-refractivity contribution in [1.29, 1.82) is 0 Å². The molecule has 0 amide bonds. The molecule has 180 valence electrons. The minimum absolute atomic E-state index is 0.107. The molecule has 0 saturated carbocycles. The Balaban J connectivity index is 1.54. The molecule has 0 bridgehead atoms. The van der Waals surface area contributed by atoms with E-state index in [2.05, 4.69) is 69.3 Å². The van der Waals surface area contributed by atoms with Crippen LogP contribution in [0.4, 0.5) is 0 Å². The zero-order valence-electron chi connectivity index (χ0n) is 20.4. The van der Waals surface area contributed by atoms with E-state index in [1.165, 1.54) is 10.4 Å². The lowest BCUT2D eigenvalue weighted by Crippen LogP contribution is -2.67. The van der Waals surface area contributed by atoms with E-state index in [0.717, 1.165) is 18.4 Å². The molecule has 0 aromatic heterocycles. The number of benzene rings is 3. The van der Waals surface area contributed by atoms with Crippen LogP contribution in [0.3, 0.4) is 0 Å². The maximum absolute atomic E-state index is 11.0. The third kappa shape index (κ3) is 5.51. The maximum atomic E-state index is 11.0. The van der Waals surface area contributed by atoms with Crippen molar-refractivity contribution in [3.8, 4) is 0 Å². The molecule has 4 nitrogen and oxygen atoms in total. The highest BCUT2D eigenvalue weighted by atomic mass is 28.4. The molecule has 0 aliphatic carbocycles. The summed E-state index contributed by atoms with van der Waals surface area (Å²) in [6, 6.07) is 31.0. The highest BCUT2D eigenvalue weighted by Crippen LogP contribution is 2.38. The van der Waals surface area contributed by atoms with Gasteiger partial charge < -0.3 is 19.0 Å². The lowest BCUT2D eigenvalue weighted by molar-refractivity contribution is -0.396. The summed E-state index contributed by atoms with van der Waals surface area (Å²) in [5.41, 5.74) is 1.00. The average molecular weight is 477 g/mol. The Kier molecular flexibility index (Phi) is 7.70. The lowest BCUT2D eigenvalue weighted by atomic mass is 10.1. The number of hydrogen-bond donors (Lipinski definition) is 1. The monoisotopic (exact) mass is 476 g/mol. The second-order valence-corrected chi connectivity index (χ2v) is 14.4. The highest BCUT2D eigenvalue weighted by molar-refractivity contribution is 6.99. The minimum atomic E-state index is -2.65. The first kappa shape index (κ1) is 24.8. The van der Waals surface area contributed by atoms with E-state index in [1.807, 2.05) is 42.5 Å². The van der Waals surface area contributed by atoms with Crippen molar-refractivity contribution in [2.45, 2.75) is 63.8 Å². The van der Waals surface area contributed by atoms with E-state index in [0.29, 0.717) is 19.6 Å². The van der Waals surface area contributed by atoms with Crippen molar-refractivity contribution in [3.05, 3.63) is 96.6 Å². The van der Waals surface area contributed by atoms with E-state index >= 15 is 0 Å². The van der Waals surface area contributed by atoms with Crippen LogP contribution in [0.1, 0.15) is 45.6 Å². The Morgan fingerprint density at radius 3 is 1.94 bits per heavy atom. The Bertz CT molecular complexity index is 981. The number of ether oxygens (including phenoxy) is 2. The molecular formula is C29H36O4Si. The first-order chi connectivity index (χ1) is 16.3. The van der Waals surface area contributed by atoms with Gasteiger partial charge in [0, 0.05) is 6.42 Å². The summed E-state index contributed by atoms with van der Waals surface area (Å²) in [6.45, 7) is 7.50. The third-order valence-corrected chi connectivity index (χ3v) is 11.6. The van der Waals surface area contributed by atoms with Gasteiger partial charge in [-0.1, -0.05) is 112 Å². The predicted molar refractivity (Wildman–Crippen MR) is 138 cm³/mol. The summed E-state index contributed by atoms with van der Waals surface area (Å²) in [5, 5.41) is 13.4. The van der Waals surface area contributed by atoms with Crippen LogP contribution in [0.25, 0.3) is 0 Å². The molecule has 1 aliphatic rings. The molecule has 2 unspecified atom stereocenters. The SMILES string of the molecule is CC(C)(C)[Si](OCC1CCCC(O)(OCc2ccccc2)O1)(c1ccccc1)c1ccccc1. The Hall–Kier alpha value is -2.28. The standard InChI is InChI=1S/C29H36O4Si/c1-28(2,3)34(26-17-9-5-10-18-26,27-19-11-6-12-20-27)32-23-25-16-13-21-29(30,33-25)31-22-24-14-7-4-8-15-24/h4-12,14-15,17-20,25,30H,13,16,21-23H2,1-3H3. The van der Waals surface area contributed by atoms with Crippen molar-refractivity contribution in [2.75, 3.05) is 6.61 Å². The van der Waals surface area contributed by atoms with E-state index < -0.39 is 14.3 Å². The molecule has 1 fully saturated rings. The van der Waals surface area contributed by atoms with Crippen LogP contribution in [-0.4, -0.2) is 32.1 Å². The smallest absolute Gasteiger partial charge is 0.281 e. The second-order valence-electron chi connectivity index (χ2n) is 10.1. The molecule has 34 heavy (non-hydrogen) atoms. The summed E-state index contributed by atoms with van der Waals surface area (Å²) in [5.74, 6) is -1.59. The molecular weight excluding hydrogens is 440 g/mol. The van der Waals surface area contributed by atoms with Crippen LogP contribution >= 0.6 is 0 Å². The first-order valence-corrected chi connectivity index (χ1v) is 14.1. The third-order valence-electron chi connectivity index (χ3n) is 6.58. The summed E-state index contributed by atoms with van der Waals surface area (Å²) >= 11 is 0. The van der Waals surface area contributed by atoms with Gasteiger partial charge in [-0.2, -0.15) is 0 Å². The van der Waals surface area contributed by atoms with Crippen LogP contribution in [0.2, 0.25) is 5.04 Å². The van der Waals surface area contributed by atoms with Crippen molar-refractivity contribution >= 4 is 18.7 Å². The van der Waals surface area contributed by atoms with Crippen molar-refractivity contribution in [2.24, 2.45) is 0 Å². The van der Waals surface area contributed by atoms with Crippen LogP contribution in [0.5, 0.6) is 0 Å². The van der Waals surface area contributed by atoms with Crippen LogP contribution in [0.15, 0.2) is 91.0 Å². The number of rotatable bonds is 8. The summed E-state index contributed by atoms with van der Waals surface area (Å²) < 4.78 is 19.0. The van der Waals surface area contributed by atoms with Crippen molar-refractivity contribution < 1.29 is 19.0 Å². The van der Waals surface area contributed by atoms with Gasteiger partial charge in [-0.05, 0) is 33.8 Å². The molecule has 2 atom stereocenters. The molecule has 0 radical (unpaired) electrons. The average Bonchev–Trinajstić information content (AvgIpc) is 2.84. The van der Waals surface area contributed by atoms with Gasteiger partial charge in [0.1, 0.15) is 0 Å². The molecule has 3 aromatic carbocycles. The van der Waals surface area contributed by atoms with Crippen molar-refractivity contribution in [3.63, 3.8) is 0 Å². The molecule has 4 rings (SSSR count). The molecule has 1 saturated heterocycles. The zero-order chi connectivity index (χ0) is 24.1. The van der Waals surface area contributed by atoms with Gasteiger partial charge >= 0.3 is 0 Å². The normalized spacial score (nSPS) is 21.4. The highest BCUT2D eigenvalue weighted by Gasteiger charge is 2.51. The fraction of sp³-hybridized carbons (Fsp3) is 0.379. The van der Waals surface area contributed by atoms with Gasteiger partial charge in [0.25, 0.3) is 14.3 Å². The largest absolute Gasteiger partial charge is 0.405 e. The summed E-state index contributed by atoms with van der Waals surface area (Å²) in [6.07, 6.45) is 1.86. The van der Waals surface area contributed by atoms with E-state index in [-0.39, 0.29) is 11.1 Å². The fourth-order valence-electron chi connectivity index (χ4n) is 4.90. The van der Waals surface area contributed by atoms with Gasteiger partial charge in [0.2, 0.25) is 0 Å². The van der Waals surface area contributed by atoms with E-state index in [1.54, 1.807) is 0 Å². The Labute approximate surface area is 204 Å². The van der Waals surface area contributed by atoms with E-state index in [4.69, 9.17) is 13.9 Å². The van der Waals surface area contributed by atoms with Gasteiger partial charge in [0.05, 0.1) is 19.3 Å². The fourth-order valence-corrected chi connectivity index (χ4v) is 9.50. The predicted octanol–water partition coefficient (Wildman–Crippen LogP) is 5.00.